The molecule has 2 rings (SSSR count). The summed E-state index contributed by atoms with van der Waals surface area (Å²) in [5.41, 5.74) is 2.39. The van der Waals surface area contributed by atoms with Gasteiger partial charge < -0.3 is 4.90 Å². The zero-order chi connectivity index (χ0) is 13.2. The van der Waals surface area contributed by atoms with Crippen LogP contribution in [0.2, 0.25) is 0 Å². The van der Waals surface area contributed by atoms with Gasteiger partial charge in [0.05, 0.1) is 0 Å². The van der Waals surface area contributed by atoms with Gasteiger partial charge in [0.1, 0.15) is 0 Å². The highest BCUT2D eigenvalue weighted by atomic mass is 32.1. The molecule has 0 spiro atoms. The van der Waals surface area contributed by atoms with Gasteiger partial charge >= 0.3 is 0 Å². The number of hydrogen-bond acceptors (Lipinski definition) is 2. The van der Waals surface area contributed by atoms with Crippen molar-refractivity contribution in [3.63, 3.8) is 0 Å². The Morgan fingerprint density at radius 3 is 2.56 bits per heavy atom. The standard InChI is InChI=1S/C15H21NOS/c1-3-16(13-7-5-4-6-12(13)2)14(17)10-15(11-18)8-9-15/h4-7,18H,3,8-11H2,1-2H3. The Bertz CT molecular complexity index is 440. The third kappa shape index (κ3) is 2.72. The number of carbonyl (C=O) groups excluding carboxylic acids is 1. The first-order chi connectivity index (χ1) is 8.62. The highest BCUT2D eigenvalue weighted by molar-refractivity contribution is 7.80. The van der Waals surface area contributed by atoms with Crippen LogP contribution < -0.4 is 4.90 Å². The van der Waals surface area contributed by atoms with Crippen LogP contribution in [0.3, 0.4) is 0 Å². The molecule has 1 saturated carbocycles. The topological polar surface area (TPSA) is 20.3 Å². The number of hydrogen-bond donors (Lipinski definition) is 1. The smallest absolute Gasteiger partial charge is 0.227 e. The van der Waals surface area contributed by atoms with Crippen molar-refractivity contribution in [2.45, 2.75) is 33.1 Å². The van der Waals surface area contributed by atoms with E-state index in [1.165, 1.54) is 0 Å². The number of nitrogens with zero attached hydrogens (tertiary/aromatic N) is 1. The summed E-state index contributed by atoms with van der Waals surface area (Å²) in [4.78, 5) is 14.3. The molecular formula is C15H21NOS. The highest BCUT2D eigenvalue weighted by Gasteiger charge is 2.43. The van der Waals surface area contributed by atoms with Crippen molar-refractivity contribution in [1.82, 2.24) is 0 Å². The van der Waals surface area contributed by atoms with Crippen LogP contribution in [0.4, 0.5) is 5.69 Å². The lowest BCUT2D eigenvalue weighted by Gasteiger charge is -2.25. The minimum Gasteiger partial charge on any atom is -0.312 e. The van der Waals surface area contributed by atoms with Crippen LogP contribution in [0.5, 0.6) is 0 Å². The average molecular weight is 263 g/mol. The summed E-state index contributed by atoms with van der Waals surface area (Å²) in [6.45, 7) is 4.81. The molecule has 1 fully saturated rings. The predicted molar refractivity (Wildman–Crippen MR) is 79.3 cm³/mol. The van der Waals surface area contributed by atoms with Crippen LogP contribution in [0.1, 0.15) is 31.7 Å². The van der Waals surface area contributed by atoms with E-state index in [9.17, 15) is 4.79 Å². The Balaban J connectivity index is 2.14. The van der Waals surface area contributed by atoms with Crippen LogP contribution in [0.15, 0.2) is 24.3 Å². The van der Waals surface area contributed by atoms with Crippen LogP contribution in [-0.4, -0.2) is 18.2 Å². The summed E-state index contributed by atoms with van der Waals surface area (Å²) < 4.78 is 0. The Hall–Kier alpha value is -0.960. The number of benzene rings is 1. The summed E-state index contributed by atoms with van der Waals surface area (Å²) in [6.07, 6.45) is 2.93. The fourth-order valence-corrected chi connectivity index (χ4v) is 2.76. The molecule has 0 N–H and O–H groups in total. The molecule has 1 amide bonds. The summed E-state index contributed by atoms with van der Waals surface area (Å²) in [6, 6.07) is 8.07. The SMILES string of the molecule is CCN(C(=O)CC1(CS)CC1)c1ccccc1C. The van der Waals surface area contributed by atoms with Gasteiger partial charge in [0.25, 0.3) is 0 Å². The van der Waals surface area contributed by atoms with E-state index in [1.54, 1.807) is 0 Å². The van der Waals surface area contributed by atoms with Crippen molar-refractivity contribution in [1.29, 1.82) is 0 Å². The second-order valence-corrected chi connectivity index (χ2v) is 5.58. The van der Waals surface area contributed by atoms with Gasteiger partial charge in [-0.05, 0) is 49.5 Å². The van der Waals surface area contributed by atoms with E-state index >= 15 is 0 Å². The van der Waals surface area contributed by atoms with E-state index < -0.39 is 0 Å². The predicted octanol–water partition coefficient (Wildman–Crippen LogP) is 3.45. The van der Waals surface area contributed by atoms with E-state index in [0.29, 0.717) is 6.42 Å². The molecule has 2 nitrogen and oxygen atoms in total. The number of anilines is 1. The molecule has 0 radical (unpaired) electrons. The molecule has 1 aromatic rings. The van der Waals surface area contributed by atoms with Gasteiger partial charge in [0, 0.05) is 18.7 Å². The lowest BCUT2D eigenvalue weighted by Crippen LogP contribution is -2.33. The first-order valence-electron chi connectivity index (χ1n) is 6.59. The van der Waals surface area contributed by atoms with Crippen LogP contribution >= 0.6 is 12.6 Å². The fourth-order valence-electron chi connectivity index (χ4n) is 2.33. The average Bonchev–Trinajstić information content (AvgIpc) is 3.13. The van der Waals surface area contributed by atoms with Gasteiger partial charge in [-0.25, -0.2) is 0 Å². The van der Waals surface area contributed by atoms with E-state index in [1.807, 2.05) is 30.0 Å². The van der Waals surface area contributed by atoms with E-state index in [4.69, 9.17) is 0 Å². The summed E-state index contributed by atoms with van der Waals surface area (Å²) in [7, 11) is 0. The third-order valence-corrected chi connectivity index (χ3v) is 4.51. The normalized spacial score (nSPS) is 16.4. The molecular weight excluding hydrogens is 242 g/mol. The molecule has 0 aliphatic heterocycles. The van der Waals surface area contributed by atoms with Gasteiger partial charge in [0.15, 0.2) is 0 Å². The monoisotopic (exact) mass is 263 g/mol. The number of amides is 1. The van der Waals surface area contributed by atoms with Gasteiger partial charge in [-0.2, -0.15) is 12.6 Å². The van der Waals surface area contributed by atoms with E-state index in [2.05, 4.69) is 25.6 Å². The largest absolute Gasteiger partial charge is 0.312 e. The van der Waals surface area contributed by atoms with Crippen LogP contribution in [0.25, 0.3) is 0 Å². The molecule has 0 saturated heterocycles. The van der Waals surface area contributed by atoms with Gasteiger partial charge in [-0.3, -0.25) is 4.79 Å². The first-order valence-corrected chi connectivity index (χ1v) is 7.22. The van der Waals surface area contributed by atoms with Crippen molar-refractivity contribution in [3.05, 3.63) is 29.8 Å². The van der Waals surface area contributed by atoms with E-state index in [0.717, 1.165) is 36.4 Å². The molecule has 98 valence electrons. The summed E-state index contributed by atoms with van der Waals surface area (Å²) in [5.74, 6) is 1.06. The molecule has 0 heterocycles. The van der Waals surface area contributed by atoms with Crippen molar-refractivity contribution in [2.24, 2.45) is 5.41 Å². The molecule has 1 aliphatic rings. The Morgan fingerprint density at radius 2 is 2.06 bits per heavy atom. The highest BCUT2D eigenvalue weighted by Crippen LogP contribution is 2.50. The number of thiol groups is 1. The zero-order valence-corrected chi connectivity index (χ0v) is 12.0. The van der Waals surface area contributed by atoms with Crippen molar-refractivity contribution in [3.8, 4) is 0 Å². The van der Waals surface area contributed by atoms with Gasteiger partial charge in [-0.1, -0.05) is 18.2 Å². The van der Waals surface area contributed by atoms with Crippen molar-refractivity contribution in [2.75, 3.05) is 17.2 Å². The second-order valence-electron chi connectivity index (χ2n) is 5.26. The Labute approximate surface area is 115 Å². The van der Waals surface area contributed by atoms with Crippen LogP contribution in [-0.2, 0) is 4.79 Å². The van der Waals surface area contributed by atoms with Crippen LogP contribution in [0, 0.1) is 12.3 Å². The molecule has 0 unspecified atom stereocenters. The number of para-hydroxylation sites is 1. The molecule has 3 heteroatoms. The Morgan fingerprint density at radius 1 is 1.39 bits per heavy atom. The van der Waals surface area contributed by atoms with Crippen molar-refractivity contribution >= 4 is 24.2 Å². The molecule has 18 heavy (non-hydrogen) atoms. The van der Waals surface area contributed by atoms with Gasteiger partial charge in [0.2, 0.25) is 5.91 Å². The lowest BCUT2D eigenvalue weighted by atomic mass is 10.0. The van der Waals surface area contributed by atoms with E-state index in [-0.39, 0.29) is 11.3 Å². The summed E-state index contributed by atoms with van der Waals surface area (Å²) >= 11 is 4.37. The number of rotatable bonds is 5. The third-order valence-electron chi connectivity index (χ3n) is 3.84. The molecule has 0 atom stereocenters. The van der Waals surface area contributed by atoms with Gasteiger partial charge in [-0.15, -0.1) is 0 Å². The maximum atomic E-state index is 12.4. The Kier molecular flexibility index (Phi) is 4.00. The van der Waals surface area contributed by atoms with Crippen molar-refractivity contribution < 1.29 is 4.79 Å². The quantitative estimate of drug-likeness (QED) is 0.807. The summed E-state index contributed by atoms with van der Waals surface area (Å²) in [5, 5.41) is 0. The lowest BCUT2D eigenvalue weighted by molar-refractivity contribution is -0.119. The second kappa shape index (κ2) is 5.35. The minimum absolute atomic E-state index is 0.191. The minimum atomic E-state index is 0.191. The maximum Gasteiger partial charge on any atom is 0.227 e. The first kappa shape index (κ1) is 13.5. The maximum absolute atomic E-state index is 12.4. The number of aryl methyl sites for hydroxylation is 1. The molecule has 0 bridgehead atoms. The molecule has 1 aliphatic carbocycles. The molecule has 1 aromatic carbocycles. The fraction of sp³-hybridized carbons (Fsp3) is 0.533. The molecule has 0 aromatic heterocycles. The number of carbonyl (C=O) groups is 1. The zero-order valence-electron chi connectivity index (χ0n) is 11.1.